The maximum absolute atomic E-state index is 12.8. The Morgan fingerprint density at radius 1 is 1.30 bits per heavy atom. The molecule has 0 saturated carbocycles. The summed E-state index contributed by atoms with van der Waals surface area (Å²) in [6, 6.07) is 5.85. The van der Waals surface area contributed by atoms with Crippen LogP contribution in [0.15, 0.2) is 40.7 Å². The quantitative estimate of drug-likeness (QED) is 0.866. The number of aromatic nitrogens is 1. The van der Waals surface area contributed by atoms with Crippen LogP contribution in [0.1, 0.15) is 5.56 Å². The number of benzene rings is 1. The molecule has 0 atom stereocenters. The molecule has 3 rings (SSSR count). The molecule has 4 nitrogen and oxygen atoms in total. The summed E-state index contributed by atoms with van der Waals surface area (Å²) in [5, 5.41) is 10.2. The summed E-state index contributed by atoms with van der Waals surface area (Å²) in [7, 11) is 0. The summed E-state index contributed by atoms with van der Waals surface area (Å²) >= 11 is 2.37. The zero-order valence-corrected chi connectivity index (χ0v) is 11.7. The number of thioether (sulfide) groups is 1. The van der Waals surface area contributed by atoms with E-state index in [0.717, 1.165) is 17.3 Å². The highest BCUT2D eigenvalue weighted by atomic mass is 32.2. The van der Waals surface area contributed by atoms with E-state index >= 15 is 0 Å². The largest absolute Gasteiger partial charge is 0.278 e. The van der Waals surface area contributed by atoms with Crippen molar-refractivity contribution in [2.45, 2.75) is 0 Å². The lowest BCUT2D eigenvalue weighted by Gasteiger charge is -2.08. The molecule has 1 saturated heterocycles. The number of nitrogens with one attached hydrogen (secondary N) is 1. The summed E-state index contributed by atoms with van der Waals surface area (Å²) in [5.41, 5.74) is 0.719. The molecule has 7 heteroatoms. The molecular formula is C13H8FN3OS2. The van der Waals surface area contributed by atoms with Gasteiger partial charge in [-0.2, -0.15) is 0 Å². The van der Waals surface area contributed by atoms with E-state index in [1.165, 1.54) is 28.4 Å². The zero-order chi connectivity index (χ0) is 14.1. The number of rotatable bonds is 2. The minimum atomic E-state index is -0.324. The monoisotopic (exact) mass is 305 g/mol. The topological polar surface area (TPSA) is 57.1 Å². The van der Waals surface area contributed by atoms with Crippen LogP contribution < -0.4 is 4.90 Å². The van der Waals surface area contributed by atoms with E-state index in [1.54, 1.807) is 29.8 Å². The number of carbonyl (C=O) groups excluding carboxylic acids is 1. The molecule has 0 radical (unpaired) electrons. The summed E-state index contributed by atoms with van der Waals surface area (Å²) in [6.07, 6.45) is 3.24. The number of nitrogens with zero attached hydrogens (tertiary/aromatic N) is 2. The van der Waals surface area contributed by atoms with Gasteiger partial charge in [-0.25, -0.2) is 14.3 Å². The highest BCUT2D eigenvalue weighted by molar-refractivity contribution is 8.19. The van der Waals surface area contributed by atoms with Crippen molar-refractivity contribution in [2.75, 3.05) is 4.90 Å². The third-order valence-electron chi connectivity index (χ3n) is 2.60. The second kappa shape index (κ2) is 5.18. The summed E-state index contributed by atoms with van der Waals surface area (Å²) in [4.78, 5) is 18.0. The molecule has 0 bridgehead atoms. The average molecular weight is 305 g/mol. The minimum absolute atomic E-state index is 0.123. The van der Waals surface area contributed by atoms with Crippen LogP contribution >= 0.6 is 23.1 Å². The molecule has 1 aromatic heterocycles. The number of amides is 1. The van der Waals surface area contributed by atoms with Crippen molar-refractivity contribution in [2.24, 2.45) is 0 Å². The highest BCUT2D eigenvalue weighted by Crippen LogP contribution is 2.35. The second-order valence-electron chi connectivity index (χ2n) is 3.92. The van der Waals surface area contributed by atoms with Crippen molar-refractivity contribution in [1.82, 2.24) is 4.98 Å². The molecule has 20 heavy (non-hydrogen) atoms. The Hall–Kier alpha value is -1.99. The van der Waals surface area contributed by atoms with Crippen LogP contribution in [0.25, 0.3) is 6.08 Å². The first-order valence-electron chi connectivity index (χ1n) is 5.63. The minimum Gasteiger partial charge on any atom is -0.278 e. The van der Waals surface area contributed by atoms with Gasteiger partial charge in [-0.1, -0.05) is 12.1 Å². The zero-order valence-electron chi connectivity index (χ0n) is 10.0. The van der Waals surface area contributed by atoms with Crippen LogP contribution in [-0.2, 0) is 4.79 Å². The van der Waals surface area contributed by atoms with Gasteiger partial charge in [-0.15, -0.1) is 11.3 Å². The molecule has 2 aromatic rings. The van der Waals surface area contributed by atoms with E-state index in [1.807, 2.05) is 0 Å². The van der Waals surface area contributed by atoms with Crippen molar-refractivity contribution in [3.63, 3.8) is 0 Å². The highest BCUT2D eigenvalue weighted by Gasteiger charge is 2.34. The van der Waals surface area contributed by atoms with Crippen LogP contribution in [0.4, 0.5) is 9.52 Å². The number of hydrogen-bond donors (Lipinski definition) is 1. The molecule has 1 aliphatic rings. The van der Waals surface area contributed by atoms with Gasteiger partial charge >= 0.3 is 0 Å². The Bertz CT molecular complexity index is 695. The van der Waals surface area contributed by atoms with E-state index in [4.69, 9.17) is 5.41 Å². The molecule has 1 fully saturated rings. The van der Waals surface area contributed by atoms with Crippen molar-refractivity contribution < 1.29 is 9.18 Å². The molecule has 1 amide bonds. The summed E-state index contributed by atoms with van der Waals surface area (Å²) in [6.45, 7) is 0. The Kier molecular flexibility index (Phi) is 3.37. The number of carbonyl (C=O) groups is 1. The first-order chi connectivity index (χ1) is 9.65. The summed E-state index contributed by atoms with van der Waals surface area (Å²) in [5.74, 6) is -0.603. The molecule has 1 N–H and O–H groups in total. The fourth-order valence-electron chi connectivity index (χ4n) is 1.70. The van der Waals surface area contributed by atoms with Crippen LogP contribution in [0, 0.1) is 11.2 Å². The normalized spacial score (nSPS) is 17.2. The van der Waals surface area contributed by atoms with E-state index in [2.05, 4.69) is 4.98 Å². The number of anilines is 1. The molecule has 1 aliphatic heterocycles. The van der Waals surface area contributed by atoms with Crippen LogP contribution in [-0.4, -0.2) is 16.1 Å². The van der Waals surface area contributed by atoms with Crippen molar-refractivity contribution >= 4 is 45.4 Å². The van der Waals surface area contributed by atoms with Gasteiger partial charge < -0.3 is 0 Å². The predicted octanol–water partition coefficient (Wildman–Crippen LogP) is 3.34. The smallest absolute Gasteiger partial charge is 0.273 e. The SMILES string of the molecule is N=C1S/C(=C\c2ccc(F)cc2)C(=O)N1c1nccs1. The van der Waals surface area contributed by atoms with E-state index in [0.29, 0.717) is 10.0 Å². The number of halogens is 1. The van der Waals surface area contributed by atoms with E-state index < -0.39 is 0 Å². The Labute approximate surface area is 122 Å². The van der Waals surface area contributed by atoms with E-state index in [-0.39, 0.29) is 16.9 Å². The first-order valence-corrected chi connectivity index (χ1v) is 7.32. The van der Waals surface area contributed by atoms with Crippen molar-refractivity contribution in [3.8, 4) is 0 Å². The maximum Gasteiger partial charge on any atom is 0.273 e. The van der Waals surface area contributed by atoms with Gasteiger partial charge in [0.05, 0.1) is 4.91 Å². The van der Waals surface area contributed by atoms with Crippen LogP contribution in [0.5, 0.6) is 0 Å². The molecular weight excluding hydrogens is 297 g/mol. The summed E-state index contributed by atoms with van der Waals surface area (Å²) < 4.78 is 12.8. The number of amidine groups is 1. The second-order valence-corrected chi connectivity index (χ2v) is 5.83. The third-order valence-corrected chi connectivity index (χ3v) is 4.25. The molecule has 0 spiro atoms. The predicted molar refractivity (Wildman–Crippen MR) is 79.3 cm³/mol. The van der Waals surface area contributed by atoms with Crippen LogP contribution in [0.3, 0.4) is 0 Å². The lowest BCUT2D eigenvalue weighted by molar-refractivity contribution is -0.113. The van der Waals surface area contributed by atoms with Gasteiger partial charge in [0.15, 0.2) is 10.3 Å². The lowest BCUT2D eigenvalue weighted by atomic mass is 10.2. The van der Waals surface area contributed by atoms with Gasteiger partial charge in [0.25, 0.3) is 5.91 Å². The van der Waals surface area contributed by atoms with Gasteiger partial charge in [0.2, 0.25) is 0 Å². The average Bonchev–Trinajstić information content (AvgIpc) is 3.02. The maximum atomic E-state index is 12.8. The molecule has 2 heterocycles. The fourth-order valence-corrected chi connectivity index (χ4v) is 3.24. The standard InChI is InChI=1S/C13H8FN3OS2/c14-9-3-1-8(2-4-9)7-10-11(18)17(12(15)20-10)13-16-5-6-19-13/h1-7,15H/b10-7-,15-12?. The Balaban J connectivity index is 1.91. The lowest BCUT2D eigenvalue weighted by Crippen LogP contribution is -2.27. The van der Waals surface area contributed by atoms with Gasteiger partial charge in [-0.3, -0.25) is 10.2 Å². The molecule has 1 aromatic carbocycles. The number of hydrogen-bond acceptors (Lipinski definition) is 5. The first kappa shape index (κ1) is 13.0. The molecule has 0 unspecified atom stereocenters. The Morgan fingerprint density at radius 2 is 2.05 bits per heavy atom. The number of thiazole rings is 1. The Morgan fingerprint density at radius 3 is 2.70 bits per heavy atom. The van der Waals surface area contributed by atoms with Crippen molar-refractivity contribution in [3.05, 3.63) is 52.1 Å². The third kappa shape index (κ3) is 2.37. The van der Waals surface area contributed by atoms with Crippen LogP contribution in [0.2, 0.25) is 0 Å². The van der Waals surface area contributed by atoms with Gasteiger partial charge in [0, 0.05) is 11.6 Å². The fraction of sp³-hybridized carbons (Fsp3) is 0. The van der Waals surface area contributed by atoms with Gasteiger partial charge in [0.1, 0.15) is 5.82 Å². The van der Waals surface area contributed by atoms with Crippen molar-refractivity contribution in [1.29, 1.82) is 5.41 Å². The molecule has 0 aliphatic carbocycles. The molecule has 100 valence electrons. The van der Waals surface area contributed by atoms with E-state index in [9.17, 15) is 9.18 Å². The van der Waals surface area contributed by atoms with Gasteiger partial charge in [-0.05, 0) is 35.5 Å².